The van der Waals surface area contributed by atoms with Gasteiger partial charge in [-0.05, 0) is 24.6 Å². The Hall–Kier alpha value is -2.41. The van der Waals surface area contributed by atoms with E-state index in [9.17, 15) is 9.90 Å². The highest BCUT2D eigenvalue weighted by molar-refractivity contribution is 5.79. The summed E-state index contributed by atoms with van der Waals surface area (Å²) in [6.45, 7) is 3.39. The van der Waals surface area contributed by atoms with Crippen LogP contribution in [0.25, 0.3) is 0 Å². The average molecular weight is 381 g/mol. The summed E-state index contributed by atoms with van der Waals surface area (Å²) in [6.07, 6.45) is -0.0311. The highest BCUT2D eigenvalue weighted by Gasteiger charge is 2.42. The minimum absolute atomic E-state index is 0.0795. The van der Waals surface area contributed by atoms with Crippen LogP contribution in [-0.4, -0.2) is 54.8 Å². The lowest BCUT2D eigenvalue weighted by Gasteiger charge is -2.43. The summed E-state index contributed by atoms with van der Waals surface area (Å²) < 4.78 is 5.79. The monoisotopic (exact) mass is 381 g/mol. The van der Waals surface area contributed by atoms with E-state index in [0.29, 0.717) is 32.7 Å². The first-order valence-corrected chi connectivity index (χ1v) is 9.86. The number of hydrogen-bond acceptors (Lipinski definition) is 5. The van der Waals surface area contributed by atoms with Crippen molar-refractivity contribution in [2.24, 2.45) is 0 Å². The van der Waals surface area contributed by atoms with Gasteiger partial charge in [0, 0.05) is 25.2 Å². The lowest BCUT2D eigenvalue weighted by atomic mass is 9.79. The zero-order chi connectivity index (χ0) is 19.4. The molecule has 2 aliphatic rings. The zero-order valence-electron chi connectivity index (χ0n) is 15.9. The number of para-hydroxylation sites is 1. The number of rotatable bonds is 4. The maximum Gasteiger partial charge on any atom is 0.234 e. The number of β-amino-alcohol motifs (C(OH)–C–C–N with tert-alkyl or cyclic N) is 1. The van der Waals surface area contributed by atoms with Crippen LogP contribution >= 0.6 is 0 Å². The smallest absolute Gasteiger partial charge is 0.234 e. The maximum atomic E-state index is 13.0. The third-order valence-electron chi connectivity index (χ3n) is 5.65. The molecule has 1 amide bonds. The van der Waals surface area contributed by atoms with Crippen molar-refractivity contribution in [1.29, 1.82) is 0 Å². The van der Waals surface area contributed by atoms with Crippen molar-refractivity contribution in [3.05, 3.63) is 65.7 Å². The van der Waals surface area contributed by atoms with E-state index in [1.807, 2.05) is 54.6 Å². The number of nitrogens with zero attached hydrogens (tertiary/aromatic N) is 1. The van der Waals surface area contributed by atoms with Gasteiger partial charge in [0.15, 0.2) is 0 Å². The predicted molar refractivity (Wildman–Crippen MR) is 107 cm³/mol. The van der Waals surface area contributed by atoms with Gasteiger partial charge < -0.3 is 20.5 Å². The Balaban J connectivity index is 1.49. The molecule has 2 heterocycles. The third kappa shape index (κ3) is 3.90. The first-order valence-electron chi connectivity index (χ1n) is 9.86. The van der Waals surface area contributed by atoms with Crippen LogP contribution < -0.4 is 15.4 Å². The van der Waals surface area contributed by atoms with Crippen LogP contribution in [0.3, 0.4) is 0 Å². The topological polar surface area (TPSA) is 73.8 Å². The zero-order valence-corrected chi connectivity index (χ0v) is 15.9. The van der Waals surface area contributed by atoms with Gasteiger partial charge in [0.1, 0.15) is 12.4 Å². The fraction of sp³-hybridized carbons (Fsp3) is 0.409. The Morgan fingerprint density at radius 1 is 1.21 bits per heavy atom. The fourth-order valence-electron chi connectivity index (χ4n) is 4.16. The summed E-state index contributed by atoms with van der Waals surface area (Å²) in [4.78, 5) is 15.1. The number of amides is 1. The second-order valence-corrected chi connectivity index (χ2v) is 7.52. The number of nitrogens with one attached hydrogen (secondary N) is 2. The van der Waals surface area contributed by atoms with E-state index in [2.05, 4.69) is 15.5 Å². The molecule has 1 saturated heterocycles. The molecule has 2 aromatic carbocycles. The number of hydrogen-bond donors (Lipinski definition) is 3. The number of fused-ring (bicyclic) bond motifs is 1. The molecule has 6 heteroatoms. The summed E-state index contributed by atoms with van der Waals surface area (Å²) in [5.41, 5.74) is 1.28. The molecule has 1 fully saturated rings. The second-order valence-electron chi connectivity index (χ2n) is 7.52. The molecule has 0 saturated carbocycles. The molecule has 0 spiro atoms. The maximum absolute atomic E-state index is 13.0. The van der Waals surface area contributed by atoms with Crippen LogP contribution in [0.2, 0.25) is 0 Å². The van der Waals surface area contributed by atoms with Crippen LogP contribution in [0, 0.1) is 0 Å². The number of piperidine rings is 1. The van der Waals surface area contributed by atoms with Crippen LogP contribution in [0.4, 0.5) is 0 Å². The fourth-order valence-corrected chi connectivity index (χ4v) is 4.16. The van der Waals surface area contributed by atoms with E-state index in [1.165, 1.54) is 0 Å². The summed E-state index contributed by atoms with van der Waals surface area (Å²) in [5.74, 6) is 0.809. The van der Waals surface area contributed by atoms with E-state index < -0.39 is 11.6 Å². The summed E-state index contributed by atoms with van der Waals surface area (Å²) in [7, 11) is 0. The van der Waals surface area contributed by atoms with E-state index in [1.54, 1.807) is 0 Å². The van der Waals surface area contributed by atoms with Crippen molar-refractivity contribution in [3.8, 4) is 5.75 Å². The summed E-state index contributed by atoms with van der Waals surface area (Å²) in [5, 5.41) is 17.2. The molecule has 2 aromatic rings. The van der Waals surface area contributed by atoms with Gasteiger partial charge >= 0.3 is 0 Å². The Morgan fingerprint density at radius 3 is 2.82 bits per heavy atom. The number of carbonyl (C=O) groups excluding carboxylic acids is 1. The summed E-state index contributed by atoms with van der Waals surface area (Å²) >= 11 is 0. The minimum atomic E-state index is -0.760. The van der Waals surface area contributed by atoms with Crippen molar-refractivity contribution < 1.29 is 14.6 Å². The molecule has 2 atom stereocenters. The van der Waals surface area contributed by atoms with Crippen LogP contribution in [0.1, 0.15) is 17.5 Å². The number of carbonyl (C=O) groups is 1. The molecule has 6 nitrogen and oxygen atoms in total. The normalized spacial score (nSPS) is 25.2. The Labute approximate surface area is 165 Å². The van der Waals surface area contributed by atoms with Crippen molar-refractivity contribution in [2.75, 3.05) is 32.8 Å². The van der Waals surface area contributed by atoms with E-state index in [0.717, 1.165) is 23.4 Å². The molecule has 2 aliphatic heterocycles. The second kappa shape index (κ2) is 8.31. The first kappa shape index (κ1) is 18.9. The van der Waals surface area contributed by atoms with Gasteiger partial charge in [-0.25, -0.2) is 0 Å². The van der Waals surface area contributed by atoms with Crippen molar-refractivity contribution in [3.63, 3.8) is 0 Å². The average Bonchev–Trinajstić information content (AvgIpc) is 2.92. The molecule has 0 radical (unpaired) electrons. The molecule has 0 unspecified atom stereocenters. The van der Waals surface area contributed by atoms with E-state index in [4.69, 9.17) is 4.74 Å². The largest absolute Gasteiger partial charge is 0.492 e. The number of ether oxygens (including phenoxy) is 1. The highest BCUT2D eigenvalue weighted by Crippen LogP contribution is 2.31. The standard InChI is InChI=1S/C22H27N3O3/c26-20-14-23-11-10-22(20,18-7-2-1-3-8-18)24-21(27)16-25-12-13-28-19-9-5-4-6-17(19)15-25/h1-9,20,23,26H,10-16H2,(H,24,27)/t20-,22+/m1/s1. The van der Waals surface area contributed by atoms with Gasteiger partial charge in [-0.15, -0.1) is 0 Å². The van der Waals surface area contributed by atoms with Crippen molar-refractivity contribution in [2.45, 2.75) is 24.6 Å². The molecule has 4 rings (SSSR count). The van der Waals surface area contributed by atoms with Crippen LogP contribution in [-0.2, 0) is 16.9 Å². The van der Waals surface area contributed by atoms with Gasteiger partial charge in [0.25, 0.3) is 0 Å². The third-order valence-corrected chi connectivity index (χ3v) is 5.65. The predicted octanol–water partition coefficient (Wildman–Crippen LogP) is 1.25. The molecule has 148 valence electrons. The number of benzene rings is 2. The molecule has 0 aliphatic carbocycles. The van der Waals surface area contributed by atoms with Crippen LogP contribution in [0.5, 0.6) is 5.75 Å². The lowest BCUT2D eigenvalue weighted by molar-refractivity contribution is -0.127. The van der Waals surface area contributed by atoms with Gasteiger partial charge in [-0.2, -0.15) is 0 Å². The molecule has 0 bridgehead atoms. The Morgan fingerprint density at radius 2 is 2.00 bits per heavy atom. The van der Waals surface area contributed by atoms with Crippen LogP contribution in [0.15, 0.2) is 54.6 Å². The molecule has 28 heavy (non-hydrogen) atoms. The molecular formula is C22H27N3O3. The van der Waals surface area contributed by atoms with E-state index >= 15 is 0 Å². The van der Waals surface area contributed by atoms with E-state index in [-0.39, 0.29) is 12.5 Å². The molecule has 3 N–H and O–H groups in total. The minimum Gasteiger partial charge on any atom is -0.492 e. The van der Waals surface area contributed by atoms with Crippen molar-refractivity contribution in [1.82, 2.24) is 15.5 Å². The SMILES string of the molecule is O=C(CN1CCOc2ccccc2C1)N[C@]1(c2ccccc2)CCNC[C@H]1O. The van der Waals surface area contributed by atoms with Gasteiger partial charge in [0.2, 0.25) is 5.91 Å². The van der Waals surface area contributed by atoms with Gasteiger partial charge in [-0.1, -0.05) is 48.5 Å². The molecular weight excluding hydrogens is 354 g/mol. The summed E-state index contributed by atoms with van der Waals surface area (Å²) in [6, 6.07) is 17.7. The number of aliphatic hydroxyl groups excluding tert-OH is 1. The number of aliphatic hydroxyl groups is 1. The Bertz CT molecular complexity index is 814. The first-order chi connectivity index (χ1) is 13.7. The van der Waals surface area contributed by atoms with Gasteiger partial charge in [0.05, 0.1) is 18.2 Å². The highest BCUT2D eigenvalue weighted by atomic mass is 16.5. The quantitative estimate of drug-likeness (QED) is 0.743. The Kier molecular flexibility index (Phi) is 5.62. The lowest BCUT2D eigenvalue weighted by Crippen LogP contribution is -2.62. The van der Waals surface area contributed by atoms with Gasteiger partial charge in [-0.3, -0.25) is 9.69 Å². The molecule has 0 aromatic heterocycles. The van der Waals surface area contributed by atoms with Crippen molar-refractivity contribution >= 4 is 5.91 Å².